The van der Waals surface area contributed by atoms with E-state index in [4.69, 9.17) is 9.47 Å². The van der Waals surface area contributed by atoms with Crippen LogP contribution in [0.15, 0.2) is 47.7 Å². The molecule has 3 saturated heterocycles. The summed E-state index contributed by atoms with van der Waals surface area (Å²) in [5.74, 6) is 1.22. The van der Waals surface area contributed by atoms with E-state index in [0.29, 0.717) is 50.5 Å². The van der Waals surface area contributed by atoms with E-state index >= 15 is 0 Å². The van der Waals surface area contributed by atoms with Gasteiger partial charge in [-0.05, 0) is 85.2 Å². The lowest BCUT2D eigenvalue weighted by Gasteiger charge is -2.39. The minimum atomic E-state index is -0.796. The van der Waals surface area contributed by atoms with Gasteiger partial charge in [0.15, 0.2) is 6.23 Å². The standard InChI is InChI=1S/C44H58N8O7/c1-45-44(57)51-14-11-33-34(25-47(2)42(55)35(33)27-51)30-22-38(58-3)36(39(23-30)59-4)26-50-19-17-49(18-20-50)16-15-48-12-9-28(10-13-48)29-5-6-32-31(21-29)24-52(43(32)56)37-7-8-40(53)46-41(37)54/h5-6,21-23,25,28,37,42,55H,7-20,24,26-27H2,1-4H3,(H,45,57)(H,46,53,54). The van der Waals surface area contributed by atoms with E-state index in [2.05, 4.69) is 49.6 Å². The third-order valence-electron chi connectivity index (χ3n) is 13.3. The maximum absolute atomic E-state index is 13.2. The number of benzene rings is 2. The van der Waals surface area contributed by atoms with Gasteiger partial charge < -0.3 is 39.5 Å². The fourth-order valence-corrected chi connectivity index (χ4v) is 9.82. The number of aliphatic hydroxyl groups is 1. The van der Waals surface area contributed by atoms with E-state index in [1.807, 2.05) is 19.3 Å². The van der Waals surface area contributed by atoms with Crippen LogP contribution in [-0.4, -0.2) is 164 Å². The first-order chi connectivity index (χ1) is 28.5. The van der Waals surface area contributed by atoms with Crippen molar-refractivity contribution in [3.63, 3.8) is 0 Å². The molecule has 316 valence electrons. The van der Waals surface area contributed by atoms with E-state index < -0.39 is 12.3 Å². The number of nitrogens with one attached hydrogen (secondary N) is 2. The zero-order valence-corrected chi connectivity index (χ0v) is 34.8. The van der Waals surface area contributed by atoms with Crippen molar-refractivity contribution in [2.45, 2.75) is 63.4 Å². The number of hydrogen-bond acceptors (Lipinski definition) is 11. The highest BCUT2D eigenvalue weighted by Gasteiger charge is 2.40. The monoisotopic (exact) mass is 810 g/mol. The first-order valence-corrected chi connectivity index (χ1v) is 21.1. The summed E-state index contributed by atoms with van der Waals surface area (Å²) in [4.78, 5) is 62.5. The van der Waals surface area contributed by atoms with Crippen molar-refractivity contribution < 1.29 is 33.8 Å². The number of amides is 5. The number of ether oxygens (including phenoxy) is 2. The number of nitrogens with zero attached hydrogens (tertiary/aromatic N) is 6. The number of likely N-dealkylation sites (N-methyl/N-ethyl adjacent to an activating group) is 1. The molecule has 59 heavy (non-hydrogen) atoms. The molecule has 15 nitrogen and oxygen atoms in total. The Balaban J connectivity index is 0.823. The third-order valence-corrected chi connectivity index (χ3v) is 13.3. The smallest absolute Gasteiger partial charge is 0.317 e. The zero-order chi connectivity index (χ0) is 41.4. The summed E-state index contributed by atoms with van der Waals surface area (Å²) in [5, 5.41) is 16.2. The van der Waals surface area contributed by atoms with Gasteiger partial charge in [-0.15, -0.1) is 0 Å². The Hall–Kier alpha value is -4.96. The summed E-state index contributed by atoms with van der Waals surface area (Å²) in [6.07, 6.45) is 4.61. The highest BCUT2D eigenvalue weighted by Crippen LogP contribution is 2.42. The molecule has 0 bridgehead atoms. The Morgan fingerprint density at radius 2 is 1.54 bits per heavy atom. The first-order valence-electron chi connectivity index (χ1n) is 21.1. The van der Waals surface area contributed by atoms with E-state index in [-0.39, 0.29) is 30.2 Å². The van der Waals surface area contributed by atoms with Gasteiger partial charge in [0.25, 0.3) is 5.91 Å². The Kier molecular flexibility index (Phi) is 12.0. The van der Waals surface area contributed by atoms with Crippen LogP contribution in [0.2, 0.25) is 0 Å². The first kappa shape index (κ1) is 40.8. The molecule has 2 unspecified atom stereocenters. The minimum Gasteiger partial charge on any atom is -0.496 e. The molecule has 6 heterocycles. The summed E-state index contributed by atoms with van der Waals surface area (Å²) < 4.78 is 12.0. The van der Waals surface area contributed by atoms with Crippen molar-refractivity contribution in [2.24, 2.45) is 0 Å². The second-order valence-electron chi connectivity index (χ2n) is 16.7. The number of aliphatic hydroxyl groups excluding tert-OH is 1. The molecule has 2 atom stereocenters. The van der Waals surface area contributed by atoms with Crippen LogP contribution in [0.3, 0.4) is 0 Å². The van der Waals surface area contributed by atoms with Crippen molar-refractivity contribution >= 4 is 29.3 Å². The molecule has 15 heteroatoms. The molecule has 2 aromatic rings. The molecule has 5 amide bonds. The summed E-state index contributed by atoms with van der Waals surface area (Å²) in [6, 6.07) is 9.61. The van der Waals surface area contributed by atoms with Gasteiger partial charge in [0.05, 0.1) is 19.8 Å². The van der Waals surface area contributed by atoms with Crippen LogP contribution in [0.25, 0.3) is 5.57 Å². The second-order valence-corrected chi connectivity index (χ2v) is 16.7. The molecule has 6 aliphatic heterocycles. The molecule has 0 spiro atoms. The van der Waals surface area contributed by atoms with Crippen molar-refractivity contribution in [2.75, 3.05) is 93.8 Å². The van der Waals surface area contributed by atoms with Gasteiger partial charge in [-0.3, -0.25) is 29.5 Å². The molecule has 0 aromatic heterocycles. The van der Waals surface area contributed by atoms with Crippen LogP contribution in [0.1, 0.15) is 70.6 Å². The average molecular weight is 811 g/mol. The molecule has 8 rings (SSSR count). The third kappa shape index (κ3) is 8.30. The molecular weight excluding hydrogens is 753 g/mol. The Bertz CT molecular complexity index is 2010. The molecule has 2 aromatic carbocycles. The number of urea groups is 1. The Labute approximate surface area is 346 Å². The fourth-order valence-electron chi connectivity index (χ4n) is 9.82. The molecule has 0 radical (unpaired) electrons. The number of fused-ring (bicyclic) bond motifs is 1. The normalized spacial score (nSPS) is 23.6. The lowest BCUT2D eigenvalue weighted by molar-refractivity contribution is -0.136. The average Bonchev–Trinajstić information content (AvgIpc) is 3.58. The molecule has 3 N–H and O–H groups in total. The maximum Gasteiger partial charge on any atom is 0.317 e. The largest absolute Gasteiger partial charge is 0.496 e. The summed E-state index contributed by atoms with van der Waals surface area (Å²) in [5.41, 5.74) is 7.80. The number of methoxy groups -OCH3 is 2. The van der Waals surface area contributed by atoms with Crippen LogP contribution in [0.4, 0.5) is 4.79 Å². The van der Waals surface area contributed by atoms with Crippen molar-refractivity contribution in [3.05, 3.63) is 75.5 Å². The van der Waals surface area contributed by atoms with Gasteiger partial charge in [-0.1, -0.05) is 12.1 Å². The van der Waals surface area contributed by atoms with Crippen molar-refractivity contribution in [3.8, 4) is 11.5 Å². The number of likely N-dealkylation sites (tertiary alicyclic amines) is 1. The number of piperidine rings is 2. The summed E-state index contributed by atoms with van der Waals surface area (Å²) in [6.45, 7) is 10.1. The lowest BCUT2D eigenvalue weighted by atomic mass is 9.85. The fraction of sp³-hybridized carbons (Fsp3) is 0.545. The van der Waals surface area contributed by atoms with Gasteiger partial charge in [0, 0.05) is 109 Å². The van der Waals surface area contributed by atoms with E-state index in [9.17, 15) is 24.3 Å². The van der Waals surface area contributed by atoms with Gasteiger partial charge in [-0.2, -0.15) is 0 Å². The zero-order valence-electron chi connectivity index (χ0n) is 34.8. The van der Waals surface area contributed by atoms with Crippen LogP contribution in [0, 0.1) is 0 Å². The molecule has 0 saturated carbocycles. The van der Waals surface area contributed by atoms with Crippen LogP contribution in [-0.2, 0) is 22.7 Å². The topological polar surface area (TPSA) is 150 Å². The van der Waals surface area contributed by atoms with E-state index in [0.717, 1.165) is 110 Å². The highest BCUT2D eigenvalue weighted by atomic mass is 16.5. The van der Waals surface area contributed by atoms with Gasteiger partial charge in [-0.25, -0.2) is 4.79 Å². The number of imide groups is 1. The van der Waals surface area contributed by atoms with Crippen molar-refractivity contribution in [1.29, 1.82) is 0 Å². The number of rotatable bonds is 10. The van der Waals surface area contributed by atoms with Crippen LogP contribution in [0.5, 0.6) is 11.5 Å². The number of allylic oxidation sites excluding steroid dienone is 1. The van der Waals surface area contributed by atoms with Gasteiger partial charge in [0.1, 0.15) is 17.5 Å². The second kappa shape index (κ2) is 17.3. The number of carbonyl (C=O) groups excluding carboxylic acids is 4. The number of piperazine rings is 1. The van der Waals surface area contributed by atoms with Gasteiger partial charge >= 0.3 is 6.03 Å². The highest BCUT2D eigenvalue weighted by molar-refractivity contribution is 6.05. The Morgan fingerprint density at radius 3 is 2.20 bits per heavy atom. The Morgan fingerprint density at radius 1 is 0.864 bits per heavy atom. The van der Waals surface area contributed by atoms with E-state index in [1.54, 1.807) is 36.0 Å². The van der Waals surface area contributed by atoms with E-state index in [1.165, 1.54) is 5.56 Å². The molecule has 3 fully saturated rings. The number of carbonyl (C=O) groups is 4. The van der Waals surface area contributed by atoms with Crippen LogP contribution < -0.4 is 20.1 Å². The molecular formula is C44H58N8O7. The minimum absolute atomic E-state index is 0.121. The van der Waals surface area contributed by atoms with Gasteiger partial charge in [0.2, 0.25) is 11.8 Å². The lowest BCUT2D eigenvalue weighted by Crippen LogP contribution is -2.52. The van der Waals surface area contributed by atoms with Crippen molar-refractivity contribution in [1.82, 2.24) is 40.0 Å². The predicted octanol–water partition coefficient (Wildman–Crippen LogP) is 2.41. The SMILES string of the molecule is CNC(=O)N1CCC2=C(C1)C(O)N(C)C=C2c1cc(OC)c(CN2CCN(CCN3CCC(c4ccc5c(c4)CN(C4CCC(=O)NC4=O)C5=O)CC3)CC2)c(OC)c1. The summed E-state index contributed by atoms with van der Waals surface area (Å²) in [7, 11) is 6.88. The molecule has 6 aliphatic rings. The maximum atomic E-state index is 13.2. The number of hydrogen-bond donors (Lipinski definition) is 3. The molecule has 0 aliphatic carbocycles. The summed E-state index contributed by atoms with van der Waals surface area (Å²) >= 11 is 0. The van der Waals surface area contributed by atoms with Crippen LogP contribution >= 0.6 is 0 Å². The predicted molar refractivity (Wildman–Crippen MR) is 222 cm³/mol. The quantitative estimate of drug-likeness (QED) is 0.304.